The lowest BCUT2D eigenvalue weighted by Crippen LogP contribution is -2.28. The number of halogens is 3. The fourth-order valence-corrected chi connectivity index (χ4v) is 3.81. The number of likely N-dealkylation sites (tertiary alicyclic amines) is 1. The number of rotatable bonds is 3. The highest BCUT2D eigenvalue weighted by Gasteiger charge is 2.38. The topological polar surface area (TPSA) is 101 Å². The SMILES string of the molecule is Cc1ccc(C(=O)N2CCC(c3nc4ccc(-c5cccnc5)cn4n3)C2)cc1.O=C(O)C(F)(F)F. The molecule has 5 rings (SSSR count). The van der Waals surface area contributed by atoms with E-state index in [0.29, 0.717) is 6.54 Å². The van der Waals surface area contributed by atoms with Crippen LogP contribution in [-0.2, 0) is 4.79 Å². The predicted octanol–water partition coefficient (Wildman–Crippen LogP) is 4.36. The third-order valence-corrected chi connectivity index (χ3v) is 5.72. The van der Waals surface area contributed by atoms with Gasteiger partial charge in [-0.05, 0) is 43.7 Å². The summed E-state index contributed by atoms with van der Waals surface area (Å²) in [6.45, 7) is 3.40. The Hall–Kier alpha value is -4.28. The Labute approximate surface area is 204 Å². The maximum atomic E-state index is 12.8. The molecule has 1 N–H and O–H groups in total. The molecule has 0 saturated carbocycles. The molecule has 1 saturated heterocycles. The molecule has 1 fully saturated rings. The summed E-state index contributed by atoms with van der Waals surface area (Å²) in [6.07, 6.45) is 1.38. The monoisotopic (exact) mass is 497 g/mol. The average Bonchev–Trinajstić information content (AvgIpc) is 3.51. The van der Waals surface area contributed by atoms with Crippen molar-refractivity contribution >= 4 is 17.5 Å². The smallest absolute Gasteiger partial charge is 0.475 e. The van der Waals surface area contributed by atoms with Gasteiger partial charge in [0.05, 0.1) is 0 Å². The zero-order valence-electron chi connectivity index (χ0n) is 19.2. The lowest BCUT2D eigenvalue weighted by molar-refractivity contribution is -0.192. The van der Waals surface area contributed by atoms with E-state index < -0.39 is 12.1 Å². The number of benzene rings is 1. The maximum absolute atomic E-state index is 12.8. The third-order valence-electron chi connectivity index (χ3n) is 5.72. The first-order valence-electron chi connectivity index (χ1n) is 11.0. The fourth-order valence-electron chi connectivity index (χ4n) is 3.81. The van der Waals surface area contributed by atoms with Crippen molar-refractivity contribution in [2.24, 2.45) is 0 Å². The number of aliphatic carboxylic acids is 1. The van der Waals surface area contributed by atoms with Crippen LogP contribution in [0.25, 0.3) is 16.8 Å². The molecule has 1 atom stereocenters. The van der Waals surface area contributed by atoms with Crippen molar-refractivity contribution in [3.05, 3.63) is 84.1 Å². The van der Waals surface area contributed by atoms with Crippen molar-refractivity contribution in [3.8, 4) is 11.1 Å². The molecular weight excluding hydrogens is 475 g/mol. The molecule has 1 unspecified atom stereocenters. The zero-order valence-corrected chi connectivity index (χ0v) is 19.2. The van der Waals surface area contributed by atoms with Gasteiger partial charge in [-0.1, -0.05) is 23.8 Å². The van der Waals surface area contributed by atoms with E-state index in [4.69, 9.17) is 20.0 Å². The first kappa shape index (κ1) is 24.8. The number of aryl methyl sites for hydroxylation is 1. The van der Waals surface area contributed by atoms with Crippen molar-refractivity contribution in [1.82, 2.24) is 24.5 Å². The summed E-state index contributed by atoms with van der Waals surface area (Å²) in [5.41, 5.74) is 4.79. The number of carboxylic acid groups (broad SMARTS) is 1. The van der Waals surface area contributed by atoms with Gasteiger partial charge in [0.15, 0.2) is 11.5 Å². The highest BCUT2D eigenvalue weighted by atomic mass is 19.4. The predicted molar refractivity (Wildman–Crippen MR) is 124 cm³/mol. The van der Waals surface area contributed by atoms with Gasteiger partial charge < -0.3 is 10.0 Å². The number of carbonyl (C=O) groups excluding carboxylic acids is 1. The minimum atomic E-state index is -5.08. The molecule has 4 aromatic rings. The highest BCUT2D eigenvalue weighted by Crippen LogP contribution is 2.27. The number of hydrogen-bond acceptors (Lipinski definition) is 5. The number of alkyl halides is 3. The van der Waals surface area contributed by atoms with Gasteiger partial charge in [-0.15, -0.1) is 0 Å². The van der Waals surface area contributed by atoms with Crippen LogP contribution in [0.1, 0.15) is 34.1 Å². The van der Waals surface area contributed by atoms with E-state index in [1.54, 1.807) is 6.20 Å². The van der Waals surface area contributed by atoms with E-state index in [2.05, 4.69) is 4.98 Å². The molecule has 36 heavy (non-hydrogen) atoms. The fraction of sp³-hybridized carbons (Fsp3) is 0.240. The molecule has 186 valence electrons. The van der Waals surface area contributed by atoms with E-state index in [1.807, 2.05) is 77.3 Å². The van der Waals surface area contributed by atoms with Gasteiger partial charge in [-0.3, -0.25) is 9.78 Å². The Morgan fingerprint density at radius 1 is 1.06 bits per heavy atom. The third kappa shape index (κ3) is 5.68. The molecule has 1 aliphatic heterocycles. The van der Waals surface area contributed by atoms with Gasteiger partial charge in [0.2, 0.25) is 0 Å². The Morgan fingerprint density at radius 3 is 2.42 bits per heavy atom. The van der Waals surface area contributed by atoms with Crippen LogP contribution >= 0.6 is 0 Å². The highest BCUT2D eigenvalue weighted by molar-refractivity contribution is 5.94. The summed E-state index contributed by atoms with van der Waals surface area (Å²) in [7, 11) is 0. The van der Waals surface area contributed by atoms with E-state index in [0.717, 1.165) is 46.7 Å². The first-order chi connectivity index (χ1) is 17.1. The van der Waals surface area contributed by atoms with Crippen LogP contribution < -0.4 is 0 Å². The standard InChI is InChI=1S/C23H21N5O.C2HF3O2/c1-16-4-6-17(7-5-16)23(29)27-12-10-20(14-27)22-25-21-9-8-19(15-28(21)26-22)18-3-2-11-24-13-18;3-2(4,5)1(6)7/h2-9,11,13,15,20H,10,12,14H2,1H3;(H,6,7). The maximum Gasteiger partial charge on any atom is 0.490 e. The Kier molecular flexibility index (Phi) is 7.00. The Morgan fingerprint density at radius 2 is 1.78 bits per heavy atom. The van der Waals surface area contributed by atoms with Crippen LogP contribution in [0, 0.1) is 6.92 Å². The summed E-state index contributed by atoms with van der Waals surface area (Å²) >= 11 is 0. The number of hydrogen-bond donors (Lipinski definition) is 1. The van der Waals surface area contributed by atoms with E-state index >= 15 is 0 Å². The largest absolute Gasteiger partial charge is 0.490 e. The molecule has 0 spiro atoms. The van der Waals surface area contributed by atoms with Crippen LogP contribution in [0.15, 0.2) is 67.1 Å². The molecular formula is C25H22F3N5O3. The molecule has 3 aromatic heterocycles. The number of carbonyl (C=O) groups is 2. The molecule has 1 aliphatic rings. The van der Waals surface area contributed by atoms with E-state index in [-0.39, 0.29) is 11.8 Å². The van der Waals surface area contributed by atoms with Gasteiger partial charge in [0, 0.05) is 54.3 Å². The number of nitrogens with zero attached hydrogens (tertiary/aromatic N) is 5. The van der Waals surface area contributed by atoms with Crippen molar-refractivity contribution in [2.75, 3.05) is 13.1 Å². The van der Waals surface area contributed by atoms with E-state index in [9.17, 15) is 18.0 Å². The van der Waals surface area contributed by atoms with Crippen LogP contribution in [0.4, 0.5) is 13.2 Å². The van der Waals surface area contributed by atoms with Gasteiger partial charge in [-0.2, -0.15) is 18.3 Å². The van der Waals surface area contributed by atoms with Crippen molar-refractivity contribution < 1.29 is 27.9 Å². The molecule has 0 aliphatic carbocycles. The molecule has 4 heterocycles. The second kappa shape index (κ2) is 10.1. The molecule has 8 nitrogen and oxygen atoms in total. The van der Waals surface area contributed by atoms with Crippen LogP contribution in [0.5, 0.6) is 0 Å². The van der Waals surface area contributed by atoms with Crippen LogP contribution in [-0.4, -0.2) is 60.7 Å². The molecule has 0 radical (unpaired) electrons. The van der Waals surface area contributed by atoms with Gasteiger partial charge in [0.1, 0.15) is 0 Å². The number of pyridine rings is 2. The molecule has 1 amide bonds. The Bertz CT molecular complexity index is 1370. The minimum absolute atomic E-state index is 0.0788. The normalized spacial score (nSPS) is 15.4. The molecule has 1 aromatic carbocycles. The number of amides is 1. The molecule has 0 bridgehead atoms. The average molecular weight is 497 g/mol. The summed E-state index contributed by atoms with van der Waals surface area (Å²) in [4.78, 5) is 32.5. The van der Waals surface area contributed by atoms with Crippen LogP contribution in [0.3, 0.4) is 0 Å². The van der Waals surface area contributed by atoms with Gasteiger partial charge >= 0.3 is 12.1 Å². The number of carboxylic acids is 1. The van der Waals surface area contributed by atoms with Crippen molar-refractivity contribution in [1.29, 1.82) is 0 Å². The quantitative estimate of drug-likeness (QED) is 0.451. The van der Waals surface area contributed by atoms with Crippen molar-refractivity contribution in [2.45, 2.75) is 25.4 Å². The lowest BCUT2D eigenvalue weighted by Gasteiger charge is -2.16. The number of aromatic nitrogens is 4. The zero-order chi connectivity index (χ0) is 25.9. The van der Waals surface area contributed by atoms with Crippen LogP contribution in [0.2, 0.25) is 0 Å². The van der Waals surface area contributed by atoms with Gasteiger partial charge in [0.25, 0.3) is 5.91 Å². The second-order valence-electron chi connectivity index (χ2n) is 8.34. The van der Waals surface area contributed by atoms with Gasteiger partial charge in [-0.25, -0.2) is 14.3 Å². The summed E-state index contributed by atoms with van der Waals surface area (Å²) in [5.74, 6) is -1.72. The summed E-state index contributed by atoms with van der Waals surface area (Å²) in [5, 5.41) is 11.8. The van der Waals surface area contributed by atoms with E-state index in [1.165, 1.54) is 0 Å². The van der Waals surface area contributed by atoms with Crippen molar-refractivity contribution in [3.63, 3.8) is 0 Å². The second-order valence-corrected chi connectivity index (χ2v) is 8.34. The lowest BCUT2D eigenvalue weighted by atomic mass is 10.1. The Balaban J connectivity index is 0.000000384. The molecule has 11 heteroatoms. The summed E-state index contributed by atoms with van der Waals surface area (Å²) < 4.78 is 33.6. The first-order valence-corrected chi connectivity index (χ1v) is 11.0. The number of fused-ring (bicyclic) bond motifs is 1. The summed E-state index contributed by atoms with van der Waals surface area (Å²) in [6, 6.07) is 15.7. The minimum Gasteiger partial charge on any atom is -0.475 e.